The molecule has 0 saturated carbocycles. The molecule has 0 spiro atoms. The second-order valence-corrected chi connectivity index (χ2v) is 4.90. The van der Waals surface area contributed by atoms with Crippen molar-refractivity contribution in [1.29, 1.82) is 0 Å². The molecule has 0 N–H and O–H groups in total. The topological polar surface area (TPSA) is 102 Å². The number of carbonyl (C=O) groups is 6. The van der Waals surface area contributed by atoms with Crippen LogP contribution in [0.1, 0.15) is 25.0 Å². The minimum absolute atomic E-state index is 0.100. The molecule has 0 fully saturated rings. The zero-order valence-electron chi connectivity index (χ0n) is 12.1. The Labute approximate surface area is 126 Å². The fraction of sp³-hybridized carbons (Fsp3) is 0.250. The first-order chi connectivity index (χ1) is 10.3. The summed E-state index contributed by atoms with van der Waals surface area (Å²) < 4.78 is 0. The summed E-state index contributed by atoms with van der Waals surface area (Å²) in [6.45, 7) is 2.21. The van der Waals surface area contributed by atoms with Gasteiger partial charge < -0.3 is 19.2 Å². The molecular weight excluding hydrogens is 288 g/mol. The van der Waals surface area contributed by atoms with Crippen molar-refractivity contribution in [3.63, 3.8) is 0 Å². The Morgan fingerprint density at radius 2 is 0.909 bits per heavy atom. The van der Waals surface area contributed by atoms with Crippen LogP contribution in [0.15, 0.2) is 24.3 Å². The van der Waals surface area contributed by atoms with Gasteiger partial charge in [-0.1, -0.05) is 24.3 Å². The molecule has 114 valence electrons. The van der Waals surface area contributed by atoms with E-state index >= 15 is 0 Å². The second-order valence-electron chi connectivity index (χ2n) is 4.90. The van der Waals surface area contributed by atoms with Crippen molar-refractivity contribution in [3.05, 3.63) is 35.4 Å². The molecule has 1 aromatic rings. The number of ketones is 2. The molecule has 0 unspecified atom stereocenters. The van der Waals surface area contributed by atoms with Gasteiger partial charge in [-0.15, -0.1) is 0 Å². The van der Waals surface area contributed by atoms with Gasteiger partial charge in [-0.05, 0) is 25.0 Å². The normalized spacial score (nSPS) is 11.4. The maximum Gasteiger partial charge on any atom is 0.164 e. The van der Waals surface area contributed by atoms with Gasteiger partial charge in [0.2, 0.25) is 0 Å². The second kappa shape index (κ2) is 6.34. The molecule has 1 rings (SSSR count). The van der Waals surface area contributed by atoms with Crippen molar-refractivity contribution >= 4 is 36.7 Å². The summed E-state index contributed by atoms with van der Waals surface area (Å²) in [6, 6.07) is 5.07. The summed E-state index contributed by atoms with van der Waals surface area (Å²) >= 11 is 0. The van der Waals surface area contributed by atoms with E-state index in [0.29, 0.717) is 0 Å². The zero-order valence-corrected chi connectivity index (χ0v) is 12.1. The predicted molar refractivity (Wildman–Crippen MR) is 75.4 cm³/mol. The number of Topliss-reactive ketones (excluding diaryl/α,β-unsaturated/α-hetero) is 2. The fourth-order valence-corrected chi connectivity index (χ4v) is 2.09. The van der Waals surface area contributed by atoms with Crippen molar-refractivity contribution in [3.8, 4) is 0 Å². The highest BCUT2D eigenvalue weighted by Crippen LogP contribution is 2.26. The first kappa shape index (κ1) is 17.3. The SMILES string of the molecule is CC(=O)C(C=O)(C=O)c1ccc(C(C=O)(C=O)C(C)=O)cc1. The number of carbonyl (C=O) groups excluding carboxylic acids is 6. The monoisotopic (exact) mass is 302 g/mol. The van der Waals surface area contributed by atoms with Gasteiger partial charge in [0.15, 0.2) is 22.4 Å². The summed E-state index contributed by atoms with van der Waals surface area (Å²) in [4.78, 5) is 67.9. The third kappa shape index (κ3) is 2.43. The lowest BCUT2D eigenvalue weighted by Crippen LogP contribution is -2.39. The largest absolute Gasteiger partial charge is 0.301 e. The molecule has 0 bridgehead atoms. The molecule has 6 heteroatoms. The van der Waals surface area contributed by atoms with Gasteiger partial charge >= 0.3 is 0 Å². The highest BCUT2D eigenvalue weighted by atomic mass is 16.2. The molecule has 0 atom stereocenters. The lowest BCUT2D eigenvalue weighted by Gasteiger charge is -2.22. The van der Waals surface area contributed by atoms with E-state index in [-0.39, 0.29) is 36.3 Å². The van der Waals surface area contributed by atoms with Gasteiger partial charge in [-0.3, -0.25) is 9.59 Å². The van der Waals surface area contributed by atoms with Gasteiger partial charge in [-0.25, -0.2) is 0 Å². The molecule has 0 aliphatic carbocycles. The molecule has 0 amide bonds. The van der Waals surface area contributed by atoms with E-state index in [1.807, 2.05) is 0 Å². The Hall–Kier alpha value is -2.76. The molecule has 0 aliphatic rings. The van der Waals surface area contributed by atoms with Crippen LogP contribution in [0.3, 0.4) is 0 Å². The number of aldehydes is 4. The first-order valence-electron chi connectivity index (χ1n) is 6.33. The predicted octanol–water partition coefficient (Wildman–Crippen LogP) is 0.136. The smallest absolute Gasteiger partial charge is 0.164 e. The Kier molecular flexibility index (Phi) is 4.98. The quantitative estimate of drug-likeness (QED) is 0.500. The van der Waals surface area contributed by atoms with E-state index < -0.39 is 22.4 Å². The van der Waals surface area contributed by atoms with E-state index in [2.05, 4.69) is 0 Å². The van der Waals surface area contributed by atoms with Crippen LogP contribution in [-0.2, 0) is 39.6 Å². The van der Waals surface area contributed by atoms with Crippen LogP contribution in [0.5, 0.6) is 0 Å². The van der Waals surface area contributed by atoms with E-state index in [0.717, 1.165) is 13.8 Å². The van der Waals surface area contributed by atoms with Gasteiger partial charge in [0.1, 0.15) is 25.1 Å². The van der Waals surface area contributed by atoms with E-state index in [1.165, 1.54) is 24.3 Å². The van der Waals surface area contributed by atoms with Crippen molar-refractivity contribution in [2.75, 3.05) is 0 Å². The van der Waals surface area contributed by atoms with Crippen LogP contribution in [0.4, 0.5) is 0 Å². The molecule has 0 aliphatic heterocycles. The minimum Gasteiger partial charge on any atom is -0.301 e. The van der Waals surface area contributed by atoms with Crippen LogP contribution in [0.2, 0.25) is 0 Å². The van der Waals surface area contributed by atoms with Crippen molar-refractivity contribution in [2.45, 2.75) is 24.7 Å². The summed E-state index contributed by atoms with van der Waals surface area (Å²) in [6.07, 6.45) is 0.925. The van der Waals surface area contributed by atoms with Crippen LogP contribution in [-0.4, -0.2) is 36.7 Å². The lowest BCUT2D eigenvalue weighted by molar-refractivity contribution is -0.134. The Morgan fingerprint density at radius 1 is 0.682 bits per heavy atom. The third-order valence-corrected chi connectivity index (χ3v) is 3.75. The maximum absolute atomic E-state index is 11.6. The van der Waals surface area contributed by atoms with Crippen LogP contribution >= 0.6 is 0 Å². The van der Waals surface area contributed by atoms with Crippen molar-refractivity contribution in [2.24, 2.45) is 0 Å². The summed E-state index contributed by atoms with van der Waals surface area (Å²) in [5.74, 6) is -1.32. The summed E-state index contributed by atoms with van der Waals surface area (Å²) in [7, 11) is 0. The molecule has 0 radical (unpaired) electrons. The highest BCUT2D eigenvalue weighted by molar-refractivity contribution is 6.18. The highest BCUT2D eigenvalue weighted by Gasteiger charge is 2.40. The molecule has 1 aromatic carbocycles. The number of hydrogen-bond donors (Lipinski definition) is 0. The lowest BCUT2D eigenvalue weighted by atomic mass is 9.76. The maximum atomic E-state index is 11.6. The molecule has 22 heavy (non-hydrogen) atoms. The fourth-order valence-electron chi connectivity index (χ4n) is 2.09. The first-order valence-corrected chi connectivity index (χ1v) is 6.33. The number of hydrogen-bond acceptors (Lipinski definition) is 6. The van der Waals surface area contributed by atoms with Crippen LogP contribution in [0, 0.1) is 0 Å². The molecule has 6 nitrogen and oxygen atoms in total. The number of rotatable bonds is 8. The molecule has 0 saturated heterocycles. The minimum atomic E-state index is -1.93. The molecular formula is C16H14O6. The van der Waals surface area contributed by atoms with E-state index in [1.54, 1.807) is 0 Å². The van der Waals surface area contributed by atoms with E-state index in [4.69, 9.17) is 0 Å². The third-order valence-electron chi connectivity index (χ3n) is 3.75. The Morgan fingerprint density at radius 3 is 1.05 bits per heavy atom. The number of benzene rings is 1. The van der Waals surface area contributed by atoms with Crippen LogP contribution < -0.4 is 0 Å². The Balaban J connectivity index is 3.48. The van der Waals surface area contributed by atoms with Gasteiger partial charge in [0.25, 0.3) is 0 Å². The van der Waals surface area contributed by atoms with E-state index in [9.17, 15) is 28.8 Å². The average molecular weight is 302 g/mol. The molecule has 0 heterocycles. The average Bonchev–Trinajstić information content (AvgIpc) is 2.51. The Bertz CT molecular complexity index is 568. The van der Waals surface area contributed by atoms with Gasteiger partial charge in [0, 0.05) is 0 Å². The van der Waals surface area contributed by atoms with Gasteiger partial charge in [0.05, 0.1) is 0 Å². The van der Waals surface area contributed by atoms with Crippen molar-refractivity contribution < 1.29 is 28.8 Å². The summed E-state index contributed by atoms with van der Waals surface area (Å²) in [5, 5.41) is 0. The van der Waals surface area contributed by atoms with Crippen molar-refractivity contribution in [1.82, 2.24) is 0 Å². The van der Waals surface area contributed by atoms with Gasteiger partial charge in [-0.2, -0.15) is 0 Å². The zero-order chi connectivity index (χ0) is 17.0. The van der Waals surface area contributed by atoms with Crippen LogP contribution in [0.25, 0.3) is 0 Å². The molecule has 0 aromatic heterocycles. The summed E-state index contributed by atoms with van der Waals surface area (Å²) in [5.41, 5.74) is -3.66. The standard InChI is InChI=1S/C16H14O6/c1-11(21)15(7-17,8-18)13-3-5-14(6-4-13)16(9-19,10-20)12(2)22/h3-10H,1-2H3.